The molecule has 1 aromatic carbocycles. The van der Waals surface area contributed by atoms with E-state index in [2.05, 4.69) is 0 Å². The lowest BCUT2D eigenvalue weighted by atomic mass is 10.2. The van der Waals surface area contributed by atoms with Crippen molar-refractivity contribution < 1.29 is 30.0 Å². The minimum Gasteiger partial charge on any atom is -0.398 e. The van der Waals surface area contributed by atoms with Crippen LogP contribution in [0.3, 0.4) is 0 Å². The number of benzene rings is 1. The highest BCUT2D eigenvalue weighted by atomic mass is 35.7. The second-order valence-corrected chi connectivity index (χ2v) is 7.43. The third-order valence-corrected chi connectivity index (χ3v) is 4.32. The molecular weight excluding hydrogens is 333 g/mol. The first-order valence-corrected chi connectivity index (χ1v) is 8.08. The Morgan fingerprint density at radius 3 is 1.84 bits per heavy atom. The standard InChI is InChI=1S/C7H6ClF3N2O4S2/c8-18(14,15)5-2-6(19(13,16)17)4(12)1-3(5)7(9,10)11/h1-2H,12H2,(H2,13,16,17). The molecule has 0 aliphatic heterocycles. The van der Waals surface area contributed by atoms with E-state index in [0.29, 0.717) is 0 Å². The predicted molar refractivity (Wildman–Crippen MR) is 60.3 cm³/mol. The van der Waals surface area contributed by atoms with E-state index >= 15 is 0 Å². The van der Waals surface area contributed by atoms with Crippen LogP contribution in [0, 0.1) is 0 Å². The fourth-order valence-corrected chi connectivity index (χ4v) is 3.07. The van der Waals surface area contributed by atoms with Gasteiger partial charge in [0.25, 0.3) is 9.05 Å². The summed E-state index contributed by atoms with van der Waals surface area (Å²) in [7, 11) is -4.49. The SMILES string of the molecule is Nc1cc(C(F)(F)F)c(S(=O)(=O)Cl)cc1S(N)(=O)=O. The molecule has 4 N–H and O–H groups in total. The number of nitrogen functional groups attached to an aromatic ring is 1. The molecule has 0 aromatic heterocycles. The first-order valence-electron chi connectivity index (χ1n) is 4.23. The van der Waals surface area contributed by atoms with Gasteiger partial charge >= 0.3 is 6.18 Å². The molecule has 19 heavy (non-hydrogen) atoms. The lowest BCUT2D eigenvalue weighted by Crippen LogP contribution is -2.18. The van der Waals surface area contributed by atoms with Gasteiger partial charge in [-0.1, -0.05) is 0 Å². The molecule has 0 aliphatic rings. The Morgan fingerprint density at radius 2 is 1.53 bits per heavy atom. The fraction of sp³-hybridized carbons (Fsp3) is 0.143. The highest BCUT2D eigenvalue weighted by molar-refractivity contribution is 8.13. The third-order valence-electron chi connectivity index (χ3n) is 1.99. The van der Waals surface area contributed by atoms with E-state index in [1.807, 2.05) is 0 Å². The van der Waals surface area contributed by atoms with Crippen molar-refractivity contribution in [3.05, 3.63) is 17.7 Å². The quantitative estimate of drug-likeness (QED) is 0.612. The maximum Gasteiger partial charge on any atom is 0.417 e. The second-order valence-electron chi connectivity index (χ2n) is 3.37. The van der Waals surface area contributed by atoms with Crippen molar-refractivity contribution in [2.45, 2.75) is 16.0 Å². The molecule has 0 heterocycles. The molecule has 6 nitrogen and oxygen atoms in total. The van der Waals surface area contributed by atoms with Crippen molar-refractivity contribution in [3.63, 3.8) is 0 Å². The van der Waals surface area contributed by atoms with E-state index in [1.165, 1.54) is 0 Å². The van der Waals surface area contributed by atoms with Crippen LogP contribution in [-0.2, 0) is 25.3 Å². The maximum absolute atomic E-state index is 12.6. The number of halogens is 4. The summed E-state index contributed by atoms with van der Waals surface area (Å²) in [6.45, 7) is 0. The number of nitrogens with two attached hydrogens (primary N) is 2. The molecule has 0 unspecified atom stereocenters. The van der Waals surface area contributed by atoms with Crippen LogP contribution < -0.4 is 10.9 Å². The second kappa shape index (κ2) is 4.51. The average Bonchev–Trinajstić information content (AvgIpc) is 2.11. The molecule has 0 saturated heterocycles. The highest BCUT2D eigenvalue weighted by Crippen LogP contribution is 2.38. The van der Waals surface area contributed by atoms with Crippen molar-refractivity contribution in [1.29, 1.82) is 0 Å². The van der Waals surface area contributed by atoms with Crippen LogP contribution in [0.5, 0.6) is 0 Å². The zero-order valence-corrected chi connectivity index (χ0v) is 11.2. The van der Waals surface area contributed by atoms with Crippen LogP contribution in [0.1, 0.15) is 5.56 Å². The maximum atomic E-state index is 12.6. The van der Waals surface area contributed by atoms with Crippen LogP contribution in [0.4, 0.5) is 18.9 Å². The molecule has 0 radical (unpaired) electrons. The van der Waals surface area contributed by atoms with Gasteiger partial charge in [-0.2, -0.15) is 13.2 Å². The van der Waals surface area contributed by atoms with Gasteiger partial charge < -0.3 is 5.73 Å². The Balaban J connectivity index is 3.87. The number of anilines is 1. The van der Waals surface area contributed by atoms with Gasteiger partial charge in [0.2, 0.25) is 10.0 Å². The molecule has 0 saturated carbocycles. The fourth-order valence-electron chi connectivity index (χ4n) is 1.25. The minimum absolute atomic E-state index is 0.148. The van der Waals surface area contributed by atoms with Crippen LogP contribution in [0.2, 0.25) is 0 Å². The number of primary sulfonamides is 1. The smallest absolute Gasteiger partial charge is 0.398 e. The Morgan fingerprint density at radius 1 is 1.05 bits per heavy atom. The van der Waals surface area contributed by atoms with Gasteiger partial charge in [-0.05, 0) is 12.1 Å². The van der Waals surface area contributed by atoms with Crippen molar-refractivity contribution in [2.24, 2.45) is 5.14 Å². The van der Waals surface area contributed by atoms with Crippen molar-refractivity contribution in [1.82, 2.24) is 0 Å². The summed E-state index contributed by atoms with van der Waals surface area (Å²) < 4.78 is 82.2. The van der Waals surface area contributed by atoms with Gasteiger partial charge in [-0.3, -0.25) is 0 Å². The van der Waals surface area contributed by atoms with E-state index in [4.69, 9.17) is 21.6 Å². The van der Waals surface area contributed by atoms with Crippen molar-refractivity contribution in [2.75, 3.05) is 5.73 Å². The largest absolute Gasteiger partial charge is 0.417 e. The molecule has 0 aliphatic carbocycles. The van der Waals surface area contributed by atoms with Gasteiger partial charge in [0.05, 0.1) is 16.1 Å². The van der Waals surface area contributed by atoms with Gasteiger partial charge in [0.1, 0.15) is 4.90 Å². The van der Waals surface area contributed by atoms with Gasteiger partial charge in [0, 0.05) is 10.7 Å². The Hall–Kier alpha value is -1.04. The topological polar surface area (TPSA) is 120 Å². The number of rotatable bonds is 2. The summed E-state index contributed by atoms with van der Waals surface area (Å²) >= 11 is 0. The molecule has 1 rings (SSSR count). The zero-order chi connectivity index (χ0) is 15.2. The summed E-state index contributed by atoms with van der Waals surface area (Å²) in [6.07, 6.45) is -5.08. The lowest BCUT2D eigenvalue weighted by Gasteiger charge is -2.13. The lowest BCUT2D eigenvalue weighted by molar-refractivity contribution is -0.139. The van der Waals surface area contributed by atoms with Crippen LogP contribution in [0.25, 0.3) is 0 Å². The van der Waals surface area contributed by atoms with E-state index in [1.54, 1.807) is 0 Å². The van der Waals surface area contributed by atoms with Gasteiger partial charge in [0.15, 0.2) is 0 Å². The minimum atomic E-state index is -5.08. The Kier molecular flexibility index (Phi) is 3.80. The summed E-state index contributed by atoms with van der Waals surface area (Å²) in [5.74, 6) is 0. The molecule has 0 atom stereocenters. The number of sulfonamides is 1. The van der Waals surface area contributed by atoms with E-state index in [-0.39, 0.29) is 12.1 Å². The first kappa shape index (κ1) is 16.0. The van der Waals surface area contributed by atoms with Crippen LogP contribution in [0.15, 0.2) is 21.9 Å². The van der Waals surface area contributed by atoms with Crippen LogP contribution in [-0.4, -0.2) is 16.8 Å². The summed E-state index contributed by atoms with van der Waals surface area (Å²) in [4.78, 5) is -2.39. The third kappa shape index (κ3) is 3.49. The highest BCUT2D eigenvalue weighted by Gasteiger charge is 2.38. The van der Waals surface area contributed by atoms with Gasteiger partial charge in [-0.15, -0.1) is 0 Å². The summed E-state index contributed by atoms with van der Waals surface area (Å²) in [5, 5.41) is 4.70. The first-order chi connectivity index (χ1) is 8.24. The summed E-state index contributed by atoms with van der Waals surface area (Å²) in [5.41, 5.74) is 2.61. The molecule has 12 heteroatoms. The van der Waals surface area contributed by atoms with Crippen LogP contribution >= 0.6 is 10.7 Å². The monoisotopic (exact) mass is 338 g/mol. The number of hydrogen-bond acceptors (Lipinski definition) is 5. The van der Waals surface area contributed by atoms with Crippen molar-refractivity contribution >= 4 is 35.4 Å². The molecule has 0 bridgehead atoms. The number of alkyl halides is 3. The van der Waals surface area contributed by atoms with E-state index in [0.717, 1.165) is 0 Å². The van der Waals surface area contributed by atoms with Gasteiger partial charge in [-0.25, -0.2) is 22.0 Å². The Labute approximate surface area is 110 Å². The molecule has 0 amide bonds. The zero-order valence-electron chi connectivity index (χ0n) is 8.77. The summed E-state index contributed by atoms with van der Waals surface area (Å²) in [6, 6.07) is 0.324. The predicted octanol–water partition coefficient (Wildman–Crippen LogP) is 0.863. The average molecular weight is 339 g/mol. The molecule has 108 valence electrons. The van der Waals surface area contributed by atoms with Crippen molar-refractivity contribution in [3.8, 4) is 0 Å². The normalized spacial score (nSPS) is 13.5. The number of hydrogen-bond donors (Lipinski definition) is 2. The molecule has 0 fully saturated rings. The molecular formula is C7H6ClF3N2O4S2. The Bertz CT molecular complexity index is 727. The van der Waals surface area contributed by atoms with E-state index in [9.17, 15) is 30.0 Å². The van der Waals surface area contributed by atoms with E-state index < -0.39 is 46.3 Å². The molecule has 0 spiro atoms. The molecule has 1 aromatic rings.